The zero-order valence-corrected chi connectivity index (χ0v) is 8.12. The third kappa shape index (κ3) is 2.01. The van der Waals surface area contributed by atoms with Crippen molar-refractivity contribution in [1.29, 1.82) is 0 Å². The van der Waals surface area contributed by atoms with E-state index in [4.69, 9.17) is 5.11 Å². The second-order valence-corrected chi connectivity index (χ2v) is 4.01. The minimum absolute atomic E-state index is 0.571. The molecule has 5 atom stereocenters. The van der Waals surface area contributed by atoms with Crippen molar-refractivity contribution in [1.82, 2.24) is 0 Å². The first-order chi connectivity index (χ1) is 5.90. The van der Waals surface area contributed by atoms with Crippen LogP contribution in [0, 0.1) is 0 Å². The molecule has 0 saturated carbocycles. The summed E-state index contributed by atoms with van der Waals surface area (Å²) in [6.07, 6.45) is -5.82. The zero-order chi connectivity index (χ0) is 10.2. The number of halogens is 1. The summed E-state index contributed by atoms with van der Waals surface area (Å²) in [5, 5.41) is 45.6. The SMILES string of the molecule is OC[C@H]1OC(O)(Br)[C@@H](O)[C@@H](O)[C@@H]1O. The fourth-order valence-corrected chi connectivity index (χ4v) is 1.63. The van der Waals surface area contributed by atoms with Gasteiger partial charge in [-0.05, 0) is 15.9 Å². The molecule has 0 amide bonds. The predicted octanol–water partition coefficient (Wildman–Crippen LogP) is -2.50. The van der Waals surface area contributed by atoms with Gasteiger partial charge in [-0.25, -0.2) is 0 Å². The molecular formula is C6H11BrO6. The Balaban J connectivity index is 2.79. The van der Waals surface area contributed by atoms with Crippen molar-refractivity contribution in [2.24, 2.45) is 0 Å². The Labute approximate surface area is 82.5 Å². The van der Waals surface area contributed by atoms with E-state index in [9.17, 15) is 20.4 Å². The fraction of sp³-hybridized carbons (Fsp3) is 1.00. The van der Waals surface area contributed by atoms with Crippen LogP contribution in [0.5, 0.6) is 0 Å². The number of aliphatic hydroxyl groups excluding tert-OH is 4. The Morgan fingerprint density at radius 1 is 1.23 bits per heavy atom. The van der Waals surface area contributed by atoms with Crippen LogP contribution in [0.3, 0.4) is 0 Å². The van der Waals surface area contributed by atoms with Gasteiger partial charge in [0.05, 0.1) is 6.61 Å². The molecule has 1 fully saturated rings. The first kappa shape index (κ1) is 11.3. The van der Waals surface area contributed by atoms with Gasteiger partial charge >= 0.3 is 0 Å². The topological polar surface area (TPSA) is 110 Å². The van der Waals surface area contributed by atoms with Crippen molar-refractivity contribution in [2.75, 3.05) is 6.61 Å². The lowest BCUT2D eigenvalue weighted by atomic mass is 9.99. The highest BCUT2D eigenvalue weighted by molar-refractivity contribution is 9.10. The Morgan fingerprint density at radius 3 is 2.23 bits per heavy atom. The quantitative estimate of drug-likeness (QED) is 0.333. The number of hydrogen-bond donors (Lipinski definition) is 5. The summed E-state index contributed by atoms with van der Waals surface area (Å²) in [7, 11) is 0. The number of alkyl halides is 1. The van der Waals surface area contributed by atoms with Crippen LogP contribution in [0.1, 0.15) is 0 Å². The van der Waals surface area contributed by atoms with Crippen LogP contribution in [0.2, 0.25) is 0 Å². The maximum absolute atomic E-state index is 9.29. The van der Waals surface area contributed by atoms with Crippen molar-refractivity contribution in [3.05, 3.63) is 0 Å². The number of rotatable bonds is 1. The zero-order valence-electron chi connectivity index (χ0n) is 6.54. The maximum atomic E-state index is 9.29. The smallest absolute Gasteiger partial charge is 0.254 e. The predicted molar refractivity (Wildman–Crippen MR) is 43.9 cm³/mol. The van der Waals surface area contributed by atoms with Gasteiger partial charge in [-0.15, -0.1) is 0 Å². The molecule has 1 rings (SSSR count). The lowest BCUT2D eigenvalue weighted by Crippen LogP contribution is -2.62. The Bertz CT molecular complexity index is 184. The normalized spacial score (nSPS) is 52.2. The van der Waals surface area contributed by atoms with E-state index in [0.717, 1.165) is 0 Å². The Kier molecular flexibility index (Phi) is 3.29. The standard InChI is InChI=1S/C6H11BrO6/c7-6(12)5(11)4(10)3(9)2(1-8)13-6/h2-5,8-12H,1H2/t2-,3-,4+,5+,6?/m1/s1. The molecule has 1 unspecified atom stereocenters. The van der Waals surface area contributed by atoms with Gasteiger partial charge in [0.2, 0.25) is 0 Å². The molecule has 0 aliphatic carbocycles. The molecule has 6 nitrogen and oxygen atoms in total. The van der Waals surface area contributed by atoms with Gasteiger partial charge in [-0.3, -0.25) is 0 Å². The van der Waals surface area contributed by atoms with Crippen molar-refractivity contribution in [2.45, 2.75) is 29.1 Å². The van der Waals surface area contributed by atoms with Crippen LogP contribution in [0.4, 0.5) is 0 Å². The van der Waals surface area contributed by atoms with Gasteiger partial charge in [0.1, 0.15) is 24.4 Å². The minimum atomic E-state index is -2.14. The van der Waals surface area contributed by atoms with Crippen LogP contribution in [0.15, 0.2) is 0 Å². The molecule has 0 bridgehead atoms. The Morgan fingerprint density at radius 2 is 1.77 bits per heavy atom. The molecule has 0 aromatic carbocycles. The van der Waals surface area contributed by atoms with Gasteiger partial charge < -0.3 is 30.3 Å². The lowest BCUT2D eigenvalue weighted by Gasteiger charge is -2.42. The molecule has 1 aliphatic heterocycles. The molecule has 5 N–H and O–H groups in total. The van der Waals surface area contributed by atoms with Crippen LogP contribution < -0.4 is 0 Å². The lowest BCUT2D eigenvalue weighted by molar-refractivity contribution is -0.301. The van der Waals surface area contributed by atoms with E-state index >= 15 is 0 Å². The summed E-state index contributed by atoms with van der Waals surface area (Å²) in [6.45, 7) is -0.571. The van der Waals surface area contributed by atoms with Crippen LogP contribution in [-0.2, 0) is 4.74 Å². The van der Waals surface area contributed by atoms with Crippen molar-refractivity contribution < 1.29 is 30.3 Å². The first-order valence-corrected chi connectivity index (χ1v) is 4.43. The average Bonchev–Trinajstić information content (AvgIpc) is 2.08. The molecule has 1 heterocycles. The second-order valence-electron chi connectivity index (χ2n) is 2.87. The van der Waals surface area contributed by atoms with E-state index in [0.29, 0.717) is 0 Å². The highest BCUT2D eigenvalue weighted by atomic mass is 79.9. The summed E-state index contributed by atoms with van der Waals surface area (Å²) in [6, 6.07) is 0. The molecule has 7 heteroatoms. The van der Waals surface area contributed by atoms with Crippen LogP contribution >= 0.6 is 15.9 Å². The van der Waals surface area contributed by atoms with Gasteiger partial charge in [0, 0.05) is 0 Å². The maximum Gasteiger partial charge on any atom is 0.254 e. The molecule has 0 aromatic heterocycles. The monoisotopic (exact) mass is 258 g/mol. The third-order valence-electron chi connectivity index (χ3n) is 1.92. The molecule has 78 valence electrons. The Hall–Kier alpha value is 0.240. The molecule has 0 spiro atoms. The molecule has 1 aliphatic rings. The molecule has 0 radical (unpaired) electrons. The average molecular weight is 259 g/mol. The summed E-state index contributed by atoms with van der Waals surface area (Å²) in [5.74, 6) is 0. The molecule has 13 heavy (non-hydrogen) atoms. The number of aliphatic hydroxyl groups is 5. The van der Waals surface area contributed by atoms with Crippen molar-refractivity contribution in [3.8, 4) is 0 Å². The molecular weight excluding hydrogens is 248 g/mol. The first-order valence-electron chi connectivity index (χ1n) is 3.64. The van der Waals surface area contributed by atoms with Gasteiger partial charge in [-0.2, -0.15) is 0 Å². The van der Waals surface area contributed by atoms with Gasteiger partial charge in [-0.1, -0.05) is 0 Å². The summed E-state index contributed by atoms with van der Waals surface area (Å²) in [4.78, 5) is 0. The summed E-state index contributed by atoms with van der Waals surface area (Å²) in [5.41, 5.74) is 0. The van der Waals surface area contributed by atoms with E-state index in [-0.39, 0.29) is 0 Å². The van der Waals surface area contributed by atoms with Crippen molar-refractivity contribution in [3.63, 3.8) is 0 Å². The summed E-state index contributed by atoms with van der Waals surface area (Å²) >= 11 is 2.61. The number of ether oxygens (including phenoxy) is 1. The molecule has 0 aromatic rings. The van der Waals surface area contributed by atoms with E-state index in [2.05, 4.69) is 20.7 Å². The highest BCUT2D eigenvalue weighted by Crippen LogP contribution is 2.32. The highest BCUT2D eigenvalue weighted by Gasteiger charge is 2.51. The third-order valence-corrected chi connectivity index (χ3v) is 2.57. The van der Waals surface area contributed by atoms with E-state index in [1.165, 1.54) is 0 Å². The number of hydrogen-bond acceptors (Lipinski definition) is 6. The van der Waals surface area contributed by atoms with E-state index in [1.54, 1.807) is 0 Å². The summed E-state index contributed by atoms with van der Waals surface area (Å²) < 4.78 is 2.54. The van der Waals surface area contributed by atoms with E-state index in [1.807, 2.05) is 0 Å². The minimum Gasteiger partial charge on any atom is -0.394 e. The van der Waals surface area contributed by atoms with Crippen molar-refractivity contribution >= 4 is 15.9 Å². The van der Waals surface area contributed by atoms with E-state index < -0.39 is 35.7 Å². The largest absolute Gasteiger partial charge is 0.394 e. The van der Waals surface area contributed by atoms with Gasteiger partial charge in [0.15, 0.2) is 0 Å². The fourth-order valence-electron chi connectivity index (χ4n) is 1.11. The van der Waals surface area contributed by atoms with Gasteiger partial charge in [0.25, 0.3) is 4.70 Å². The van der Waals surface area contributed by atoms with Crippen LogP contribution in [0.25, 0.3) is 0 Å². The van der Waals surface area contributed by atoms with Crippen LogP contribution in [-0.4, -0.2) is 61.3 Å². The second kappa shape index (κ2) is 3.77. The molecule has 1 saturated heterocycles.